The lowest BCUT2D eigenvalue weighted by atomic mass is 10.1. The Hall–Kier alpha value is -1.83. The number of amides is 1. The summed E-state index contributed by atoms with van der Waals surface area (Å²) in [6.45, 7) is 3.93. The summed E-state index contributed by atoms with van der Waals surface area (Å²) < 4.78 is 0.996. The van der Waals surface area contributed by atoms with Gasteiger partial charge in [0.05, 0.1) is 5.75 Å². The first kappa shape index (κ1) is 18.9. The number of aromatic amines is 1. The first-order valence-electron chi connectivity index (χ1n) is 7.80. The Labute approximate surface area is 169 Å². The molecule has 1 amide bonds. The molecule has 0 saturated carbocycles. The number of aromatic nitrogens is 3. The van der Waals surface area contributed by atoms with Crippen LogP contribution in [0.1, 0.15) is 11.1 Å². The van der Waals surface area contributed by atoms with E-state index in [9.17, 15) is 4.79 Å². The number of hydrogen-bond donors (Lipinski definition) is 2. The topological polar surface area (TPSA) is 70.7 Å². The van der Waals surface area contributed by atoms with Crippen LogP contribution < -0.4 is 5.32 Å². The monoisotopic (exact) mass is 450 g/mol. The van der Waals surface area contributed by atoms with E-state index in [0.29, 0.717) is 16.0 Å². The highest BCUT2D eigenvalue weighted by molar-refractivity contribution is 9.10. The van der Waals surface area contributed by atoms with Crippen molar-refractivity contribution in [2.45, 2.75) is 19.0 Å². The SMILES string of the molecule is Cc1cc(Br)cc(C)c1NC(=O)CSc1n[nH]c(-c2ccc(Cl)cc2)n1. The molecular formula is C18H16BrClN4OS. The highest BCUT2D eigenvalue weighted by Gasteiger charge is 2.12. The normalized spacial score (nSPS) is 10.8. The van der Waals surface area contributed by atoms with Gasteiger partial charge < -0.3 is 5.32 Å². The van der Waals surface area contributed by atoms with Crippen LogP contribution in [0.4, 0.5) is 5.69 Å². The Bertz CT molecular complexity index is 920. The molecule has 0 aliphatic rings. The van der Waals surface area contributed by atoms with Crippen molar-refractivity contribution in [3.8, 4) is 11.4 Å². The molecule has 0 atom stereocenters. The second-order valence-electron chi connectivity index (χ2n) is 5.72. The van der Waals surface area contributed by atoms with Crippen molar-refractivity contribution in [2.75, 3.05) is 11.1 Å². The van der Waals surface area contributed by atoms with Gasteiger partial charge in [-0.05, 0) is 61.4 Å². The van der Waals surface area contributed by atoms with Gasteiger partial charge in [0.25, 0.3) is 0 Å². The predicted octanol–water partition coefficient (Wildman–Crippen LogP) is 5.24. The van der Waals surface area contributed by atoms with Crippen LogP contribution in [0.25, 0.3) is 11.4 Å². The molecule has 134 valence electrons. The third-order valence-electron chi connectivity index (χ3n) is 3.68. The van der Waals surface area contributed by atoms with Crippen molar-refractivity contribution < 1.29 is 4.79 Å². The second kappa shape index (κ2) is 8.24. The lowest BCUT2D eigenvalue weighted by molar-refractivity contribution is -0.113. The van der Waals surface area contributed by atoms with E-state index in [-0.39, 0.29) is 11.7 Å². The zero-order valence-electron chi connectivity index (χ0n) is 14.1. The number of carbonyl (C=O) groups is 1. The molecule has 1 aromatic heterocycles. The van der Waals surface area contributed by atoms with Gasteiger partial charge in [-0.25, -0.2) is 4.98 Å². The predicted molar refractivity (Wildman–Crippen MR) is 110 cm³/mol. The largest absolute Gasteiger partial charge is 0.325 e. The number of halogens is 2. The minimum atomic E-state index is -0.0960. The second-order valence-corrected chi connectivity index (χ2v) is 8.02. The lowest BCUT2D eigenvalue weighted by Crippen LogP contribution is -2.16. The zero-order valence-corrected chi connectivity index (χ0v) is 17.3. The first-order valence-corrected chi connectivity index (χ1v) is 9.96. The number of rotatable bonds is 5. The number of aryl methyl sites for hydroxylation is 2. The van der Waals surface area contributed by atoms with Crippen LogP contribution in [0, 0.1) is 13.8 Å². The van der Waals surface area contributed by atoms with Crippen LogP contribution in [0.2, 0.25) is 5.02 Å². The zero-order chi connectivity index (χ0) is 18.7. The van der Waals surface area contributed by atoms with Crippen LogP contribution in [0.3, 0.4) is 0 Å². The van der Waals surface area contributed by atoms with Gasteiger partial charge in [-0.1, -0.05) is 39.3 Å². The molecule has 0 bridgehead atoms. The molecule has 5 nitrogen and oxygen atoms in total. The smallest absolute Gasteiger partial charge is 0.234 e. The summed E-state index contributed by atoms with van der Waals surface area (Å²) in [4.78, 5) is 16.7. The average molecular weight is 452 g/mol. The van der Waals surface area contributed by atoms with Gasteiger partial charge in [-0.2, -0.15) is 0 Å². The molecule has 0 fully saturated rings. The van der Waals surface area contributed by atoms with Crippen molar-refractivity contribution in [1.82, 2.24) is 15.2 Å². The number of carbonyl (C=O) groups excluding carboxylic acids is 1. The number of thioether (sulfide) groups is 1. The number of nitrogens with one attached hydrogen (secondary N) is 2. The number of nitrogens with zero attached hydrogens (tertiary/aromatic N) is 2. The summed E-state index contributed by atoms with van der Waals surface area (Å²) in [5, 5.41) is 11.2. The molecule has 3 aromatic rings. The number of anilines is 1. The van der Waals surface area contributed by atoms with Crippen LogP contribution in [-0.4, -0.2) is 26.8 Å². The van der Waals surface area contributed by atoms with E-state index >= 15 is 0 Å². The van der Waals surface area contributed by atoms with Crippen LogP contribution in [0.5, 0.6) is 0 Å². The Morgan fingerprint density at radius 3 is 2.54 bits per heavy atom. The van der Waals surface area contributed by atoms with Crippen molar-refractivity contribution in [1.29, 1.82) is 0 Å². The Morgan fingerprint density at radius 1 is 1.23 bits per heavy atom. The molecule has 0 unspecified atom stereocenters. The van der Waals surface area contributed by atoms with Gasteiger partial charge in [0.1, 0.15) is 0 Å². The molecule has 0 radical (unpaired) electrons. The maximum absolute atomic E-state index is 12.3. The summed E-state index contributed by atoms with van der Waals surface area (Å²) in [7, 11) is 0. The fourth-order valence-electron chi connectivity index (χ4n) is 2.46. The summed E-state index contributed by atoms with van der Waals surface area (Å²) in [6, 6.07) is 11.3. The molecule has 1 heterocycles. The van der Waals surface area contributed by atoms with Crippen molar-refractivity contribution in [3.05, 3.63) is 57.0 Å². The summed E-state index contributed by atoms with van der Waals surface area (Å²) in [6.07, 6.45) is 0. The Morgan fingerprint density at radius 2 is 1.88 bits per heavy atom. The van der Waals surface area contributed by atoms with Crippen LogP contribution in [-0.2, 0) is 4.79 Å². The summed E-state index contributed by atoms with van der Waals surface area (Å²) in [5.41, 5.74) is 3.76. The third-order valence-corrected chi connectivity index (χ3v) is 5.23. The lowest BCUT2D eigenvalue weighted by Gasteiger charge is -2.11. The molecule has 0 aliphatic carbocycles. The maximum atomic E-state index is 12.3. The molecule has 2 N–H and O–H groups in total. The van der Waals surface area contributed by atoms with Crippen LogP contribution >= 0.6 is 39.3 Å². The summed E-state index contributed by atoms with van der Waals surface area (Å²) >= 11 is 10.6. The molecule has 3 rings (SSSR count). The molecular weight excluding hydrogens is 436 g/mol. The Kier molecular flexibility index (Phi) is 6.01. The number of hydrogen-bond acceptors (Lipinski definition) is 4. The average Bonchev–Trinajstić information content (AvgIpc) is 3.06. The van der Waals surface area contributed by atoms with Crippen molar-refractivity contribution in [2.24, 2.45) is 0 Å². The van der Waals surface area contributed by atoms with E-state index in [1.54, 1.807) is 12.1 Å². The van der Waals surface area contributed by atoms with E-state index in [1.165, 1.54) is 11.8 Å². The van der Waals surface area contributed by atoms with Gasteiger partial charge in [-0.3, -0.25) is 9.89 Å². The van der Waals surface area contributed by atoms with Gasteiger partial charge in [0, 0.05) is 20.7 Å². The third kappa shape index (κ3) is 4.66. The Balaban J connectivity index is 1.61. The minimum Gasteiger partial charge on any atom is -0.325 e. The molecule has 8 heteroatoms. The number of H-pyrrole nitrogens is 1. The van der Waals surface area contributed by atoms with E-state index in [2.05, 4.69) is 36.4 Å². The standard InChI is InChI=1S/C18H16BrClN4OS/c1-10-7-13(19)8-11(2)16(10)21-15(25)9-26-18-22-17(23-24-18)12-3-5-14(20)6-4-12/h3-8H,9H2,1-2H3,(H,21,25)(H,22,23,24). The molecule has 2 aromatic carbocycles. The number of benzene rings is 2. The van der Waals surface area contributed by atoms with E-state index < -0.39 is 0 Å². The van der Waals surface area contributed by atoms with E-state index in [4.69, 9.17) is 11.6 Å². The van der Waals surface area contributed by atoms with Crippen molar-refractivity contribution >= 4 is 50.9 Å². The molecule has 0 saturated heterocycles. The highest BCUT2D eigenvalue weighted by atomic mass is 79.9. The molecule has 0 spiro atoms. The summed E-state index contributed by atoms with van der Waals surface area (Å²) in [5.74, 6) is 0.776. The fraction of sp³-hybridized carbons (Fsp3) is 0.167. The molecule has 0 aliphatic heterocycles. The quantitative estimate of drug-likeness (QED) is 0.521. The van der Waals surface area contributed by atoms with Gasteiger partial charge >= 0.3 is 0 Å². The van der Waals surface area contributed by atoms with Crippen molar-refractivity contribution in [3.63, 3.8) is 0 Å². The van der Waals surface area contributed by atoms with Crippen LogP contribution in [0.15, 0.2) is 46.0 Å². The van der Waals surface area contributed by atoms with Gasteiger partial charge in [-0.15, -0.1) is 5.10 Å². The van der Waals surface area contributed by atoms with Gasteiger partial charge in [0.15, 0.2) is 5.82 Å². The van der Waals surface area contributed by atoms with Gasteiger partial charge in [0.2, 0.25) is 11.1 Å². The molecule has 26 heavy (non-hydrogen) atoms. The first-order chi connectivity index (χ1) is 12.4. The van der Waals surface area contributed by atoms with E-state index in [0.717, 1.165) is 26.9 Å². The van der Waals surface area contributed by atoms with E-state index in [1.807, 2.05) is 38.1 Å². The highest BCUT2D eigenvalue weighted by Crippen LogP contribution is 2.26. The maximum Gasteiger partial charge on any atom is 0.234 e. The minimum absolute atomic E-state index is 0.0960. The fourth-order valence-corrected chi connectivity index (χ4v) is 3.87.